The summed E-state index contributed by atoms with van der Waals surface area (Å²) in [6.45, 7) is 0. The molecule has 1 aliphatic carbocycles. The van der Waals surface area contributed by atoms with Crippen LogP contribution in [0.25, 0.3) is 21.3 Å². The van der Waals surface area contributed by atoms with E-state index >= 15 is 0 Å². The van der Waals surface area contributed by atoms with Crippen LogP contribution in [-0.2, 0) is 16.6 Å². The van der Waals surface area contributed by atoms with Crippen LogP contribution < -0.4 is 10.9 Å². The third kappa shape index (κ3) is 4.58. The molecule has 1 aliphatic rings. The fraction of sp³-hybridized carbons (Fsp3) is 0.381. The summed E-state index contributed by atoms with van der Waals surface area (Å²) in [5.74, 6) is -2.14. The van der Waals surface area contributed by atoms with Crippen molar-refractivity contribution in [2.45, 2.75) is 44.0 Å². The molecule has 4 rings (SSSR count). The number of halogens is 3. The first kappa shape index (κ1) is 21.4. The highest BCUT2D eigenvalue weighted by Gasteiger charge is 2.42. The number of carbonyl (C=O) groups is 1. The molecule has 1 fully saturated rings. The molecule has 1 saturated carbocycles. The van der Waals surface area contributed by atoms with Crippen LogP contribution in [0, 0.1) is 0 Å². The SMILES string of the molecule is Cn1c(=O)cc(NC2CCC(OC(=O)C(F)(F)F)CC2)c2cc(-c3cncs3)ccc21. The number of carbonyl (C=O) groups excluding carboxylic acids is 1. The summed E-state index contributed by atoms with van der Waals surface area (Å²) in [6, 6.07) is 7.34. The Kier molecular flexibility index (Phi) is 5.74. The zero-order valence-electron chi connectivity index (χ0n) is 16.6. The number of rotatable bonds is 4. The summed E-state index contributed by atoms with van der Waals surface area (Å²) in [5.41, 5.74) is 4.03. The van der Waals surface area contributed by atoms with Gasteiger partial charge in [0.25, 0.3) is 5.56 Å². The van der Waals surface area contributed by atoms with Gasteiger partial charge in [0.15, 0.2) is 0 Å². The second kappa shape index (κ2) is 8.33. The van der Waals surface area contributed by atoms with E-state index < -0.39 is 18.2 Å². The van der Waals surface area contributed by atoms with E-state index in [0.29, 0.717) is 31.4 Å². The number of fused-ring (bicyclic) bond motifs is 1. The predicted molar refractivity (Wildman–Crippen MR) is 112 cm³/mol. The number of ether oxygens (including phenoxy) is 1. The number of pyridine rings is 1. The van der Waals surface area contributed by atoms with Gasteiger partial charge in [0.2, 0.25) is 0 Å². The number of anilines is 1. The van der Waals surface area contributed by atoms with Gasteiger partial charge < -0.3 is 14.6 Å². The second-order valence-corrected chi connectivity index (χ2v) is 8.46. The monoisotopic (exact) mass is 451 g/mol. The number of thiazole rings is 1. The number of aromatic nitrogens is 2. The average molecular weight is 451 g/mol. The van der Waals surface area contributed by atoms with Crippen molar-refractivity contribution in [3.05, 3.63) is 46.3 Å². The molecule has 0 spiro atoms. The van der Waals surface area contributed by atoms with Crippen molar-refractivity contribution in [1.82, 2.24) is 9.55 Å². The number of nitrogens with one attached hydrogen (secondary N) is 1. The minimum absolute atomic E-state index is 0.0387. The van der Waals surface area contributed by atoms with Crippen LogP contribution in [0.15, 0.2) is 40.8 Å². The number of benzene rings is 1. The number of aryl methyl sites for hydroxylation is 1. The quantitative estimate of drug-likeness (QED) is 0.592. The average Bonchev–Trinajstić information content (AvgIpc) is 3.27. The van der Waals surface area contributed by atoms with Gasteiger partial charge in [0.05, 0.1) is 15.9 Å². The first-order valence-corrected chi connectivity index (χ1v) is 10.7. The predicted octanol–water partition coefficient (Wildman–Crippen LogP) is 4.49. The lowest BCUT2D eigenvalue weighted by atomic mass is 9.92. The summed E-state index contributed by atoms with van der Waals surface area (Å²) in [6.07, 6.45) is -2.23. The summed E-state index contributed by atoms with van der Waals surface area (Å²) in [7, 11) is 1.71. The lowest BCUT2D eigenvalue weighted by Crippen LogP contribution is -2.35. The Morgan fingerprint density at radius 1 is 1.23 bits per heavy atom. The highest BCUT2D eigenvalue weighted by Crippen LogP contribution is 2.32. The second-order valence-electron chi connectivity index (χ2n) is 7.57. The molecule has 0 radical (unpaired) electrons. The lowest BCUT2D eigenvalue weighted by Gasteiger charge is -2.30. The van der Waals surface area contributed by atoms with E-state index in [9.17, 15) is 22.8 Å². The van der Waals surface area contributed by atoms with Crippen LogP contribution in [0.3, 0.4) is 0 Å². The molecule has 0 atom stereocenters. The van der Waals surface area contributed by atoms with Crippen molar-refractivity contribution in [1.29, 1.82) is 0 Å². The topological polar surface area (TPSA) is 73.2 Å². The fourth-order valence-electron chi connectivity index (χ4n) is 3.86. The third-order valence-corrected chi connectivity index (χ3v) is 6.32. The van der Waals surface area contributed by atoms with Crippen molar-refractivity contribution in [2.24, 2.45) is 7.05 Å². The minimum atomic E-state index is -4.98. The van der Waals surface area contributed by atoms with Gasteiger partial charge in [-0.1, -0.05) is 6.07 Å². The van der Waals surface area contributed by atoms with Gasteiger partial charge in [-0.05, 0) is 43.4 Å². The van der Waals surface area contributed by atoms with Gasteiger partial charge in [-0.2, -0.15) is 13.2 Å². The number of esters is 1. The van der Waals surface area contributed by atoms with E-state index in [2.05, 4.69) is 15.0 Å². The van der Waals surface area contributed by atoms with E-state index in [4.69, 9.17) is 0 Å². The molecular formula is C21H20F3N3O3S. The molecule has 0 aliphatic heterocycles. The Bertz CT molecular complexity index is 1150. The zero-order chi connectivity index (χ0) is 22.2. The smallest absolute Gasteiger partial charge is 0.456 e. The largest absolute Gasteiger partial charge is 0.490 e. The Balaban J connectivity index is 1.53. The zero-order valence-corrected chi connectivity index (χ0v) is 17.4. The van der Waals surface area contributed by atoms with Crippen LogP contribution >= 0.6 is 11.3 Å². The van der Waals surface area contributed by atoms with Crippen LogP contribution in [0.4, 0.5) is 18.9 Å². The van der Waals surface area contributed by atoms with Gasteiger partial charge in [0, 0.05) is 36.4 Å². The molecular weight excluding hydrogens is 431 g/mol. The standard InChI is InChI=1S/C21H20F3N3O3S/c1-27-17-7-2-12(18-10-25-11-31-18)8-15(17)16(9-19(27)28)26-13-3-5-14(6-4-13)30-20(29)21(22,23)24/h2,7-11,13-14,26H,3-6H2,1H3. The minimum Gasteiger partial charge on any atom is -0.456 e. The van der Waals surface area contributed by atoms with Gasteiger partial charge >= 0.3 is 12.1 Å². The van der Waals surface area contributed by atoms with E-state index in [1.165, 1.54) is 17.4 Å². The van der Waals surface area contributed by atoms with Crippen molar-refractivity contribution >= 4 is 33.9 Å². The molecule has 6 nitrogen and oxygen atoms in total. The number of alkyl halides is 3. The maximum Gasteiger partial charge on any atom is 0.490 e. The molecule has 10 heteroatoms. The summed E-state index contributed by atoms with van der Waals surface area (Å²) in [5, 5.41) is 4.25. The molecule has 0 bridgehead atoms. The fourth-order valence-corrected chi connectivity index (χ4v) is 4.48. The van der Waals surface area contributed by atoms with Crippen molar-refractivity contribution in [2.75, 3.05) is 5.32 Å². The van der Waals surface area contributed by atoms with Gasteiger partial charge in [-0.25, -0.2) is 4.79 Å². The van der Waals surface area contributed by atoms with Crippen LogP contribution in [0.1, 0.15) is 25.7 Å². The highest BCUT2D eigenvalue weighted by atomic mass is 32.1. The van der Waals surface area contributed by atoms with Crippen LogP contribution in [0.2, 0.25) is 0 Å². The molecule has 2 heterocycles. The summed E-state index contributed by atoms with van der Waals surface area (Å²) < 4.78 is 43.3. The van der Waals surface area contributed by atoms with Crippen LogP contribution in [0.5, 0.6) is 0 Å². The van der Waals surface area contributed by atoms with E-state index in [0.717, 1.165) is 21.3 Å². The van der Waals surface area contributed by atoms with Gasteiger partial charge in [-0.3, -0.25) is 9.78 Å². The molecule has 0 saturated heterocycles. The maximum atomic E-state index is 12.4. The molecule has 1 aromatic carbocycles. The van der Waals surface area contributed by atoms with Gasteiger partial charge in [-0.15, -0.1) is 11.3 Å². The van der Waals surface area contributed by atoms with Gasteiger partial charge in [0.1, 0.15) is 6.10 Å². The van der Waals surface area contributed by atoms with Crippen molar-refractivity contribution in [3.63, 3.8) is 0 Å². The number of hydrogen-bond acceptors (Lipinski definition) is 6. The van der Waals surface area contributed by atoms with Crippen LogP contribution in [-0.4, -0.2) is 33.8 Å². The first-order chi connectivity index (χ1) is 14.7. The maximum absolute atomic E-state index is 12.4. The molecule has 164 valence electrons. The van der Waals surface area contributed by atoms with E-state index in [1.54, 1.807) is 23.3 Å². The summed E-state index contributed by atoms with van der Waals surface area (Å²) in [4.78, 5) is 28.6. The Morgan fingerprint density at radius 3 is 2.61 bits per heavy atom. The number of nitrogens with zero attached hydrogens (tertiary/aromatic N) is 2. The lowest BCUT2D eigenvalue weighted by molar-refractivity contribution is -0.206. The molecule has 31 heavy (non-hydrogen) atoms. The Hall–Kier alpha value is -2.88. The first-order valence-electron chi connectivity index (χ1n) is 9.79. The molecule has 3 aromatic rings. The number of hydrogen-bond donors (Lipinski definition) is 1. The van der Waals surface area contributed by atoms with E-state index in [1.807, 2.05) is 18.2 Å². The molecule has 0 unspecified atom stereocenters. The van der Waals surface area contributed by atoms with Crippen molar-refractivity contribution < 1.29 is 22.7 Å². The van der Waals surface area contributed by atoms with Crippen molar-refractivity contribution in [3.8, 4) is 10.4 Å². The Morgan fingerprint density at radius 2 is 1.97 bits per heavy atom. The molecule has 1 N–H and O–H groups in total. The molecule has 0 amide bonds. The molecule has 2 aromatic heterocycles. The highest BCUT2D eigenvalue weighted by molar-refractivity contribution is 7.13. The normalized spacial score (nSPS) is 19.4. The third-order valence-electron chi connectivity index (χ3n) is 5.50. The summed E-state index contributed by atoms with van der Waals surface area (Å²) >= 11 is 1.52. The Labute approximate surface area is 179 Å². The van der Waals surface area contributed by atoms with E-state index in [-0.39, 0.29) is 11.6 Å².